The van der Waals surface area contributed by atoms with Crippen molar-refractivity contribution in [3.05, 3.63) is 29.3 Å². The van der Waals surface area contributed by atoms with Crippen molar-refractivity contribution in [3.8, 4) is 5.75 Å². The number of rotatable bonds is 6. The standard InChI is InChI=1S/C19H29NO/c1-5-10-20-18(13(2)14-6-7-14)15-8-9-17-16(11-15)12-19(3,4)21-17/h8-9,11,13-14,18,20H,5-7,10,12H2,1-4H3. The van der Waals surface area contributed by atoms with E-state index in [0.29, 0.717) is 6.04 Å². The molecule has 1 fully saturated rings. The van der Waals surface area contributed by atoms with Crippen molar-refractivity contribution >= 4 is 0 Å². The molecule has 0 amide bonds. The van der Waals surface area contributed by atoms with E-state index < -0.39 is 0 Å². The SMILES string of the molecule is CCCNC(c1ccc2c(c1)CC(C)(C)O2)C(C)C1CC1. The summed E-state index contributed by atoms with van der Waals surface area (Å²) in [4.78, 5) is 0. The zero-order chi connectivity index (χ0) is 15.0. The first-order chi connectivity index (χ1) is 10.00. The van der Waals surface area contributed by atoms with Gasteiger partial charge < -0.3 is 10.1 Å². The van der Waals surface area contributed by atoms with Gasteiger partial charge in [-0.3, -0.25) is 0 Å². The van der Waals surface area contributed by atoms with E-state index in [1.54, 1.807) is 0 Å². The van der Waals surface area contributed by atoms with Crippen LogP contribution in [0.3, 0.4) is 0 Å². The fraction of sp³-hybridized carbons (Fsp3) is 0.684. The average Bonchev–Trinajstić information content (AvgIpc) is 3.21. The number of fused-ring (bicyclic) bond motifs is 1. The Labute approximate surface area is 129 Å². The quantitative estimate of drug-likeness (QED) is 0.832. The molecule has 2 aliphatic rings. The lowest BCUT2D eigenvalue weighted by Gasteiger charge is -2.26. The zero-order valence-electron chi connectivity index (χ0n) is 13.9. The summed E-state index contributed by atoms with van der Waals surface area (Å²) in [5.41, 5.74) is 2.78. The van der Waals surface area contributed by atoms with Crippen molar-refractivity contribution in [2.45, 2.75) is 65.0 Å². The Hall–Kier alpha value is -1.02. The minimum absolute atomic E-state index is 0.0462. The lowest BCUT2D eigenvalue weighted by molar-refractivity contribution is 0.138. The predicted octanol–water partition coefficient (Wildman–Crippen LogP) is 4.49. The molecule has 3 rings (SSSR count). The summed E-state index contributed by atoms with van der Waals surface area (Å²) in [6.45, 7) is 10.1. The monoisotopic (exact) mass is 287 g/mol. The molecule has 1 aliphatic heterocycles. The summed E-state index contributed by atoms with van der Waals surface area (Å²) < 4.78 is 6.01. The maximum atomic E-state index is 6.01. The van der Waals surface area contributed by atoms with Crippen molar-refractivity contribution in [3.63, 3.8) is 0 Å². The normalized spacial score (nSPS) is 22.5. The van der Waals surface area contributed by atoms with Crippen molar-refractivity contribution < 1.29 is 4.74 Å². The Balaban J connectivity index is 1.82. The van der Waals surface area contributed by atoms with Gasteiger partial charge in [0.05, 0.1) is 0 Å². The number of hydrogen-bond donors (Lipinski definition) is 1. The van der Waals surface area contributed by atoms with E-state index in [1.165, 1.54) is 30.4 Å². The molecule has 116 valence electrons. The van der Waals surface area contributed by atoms with E-state index in [4.69, 9.17) is 4.74 Å². The molecule has 1 N–H and O–H groups in total. The van der Waals surface area contributed by atoms with Gasteiger partial charge in [0, 0.05) is 12.5 Å². The third kappa shape index (κ3) is 3.26. The fourth-order valence-corrected chi connectivity index (χ4v) is 3.62. The van der Waals surface area contributed by atoms with E-state index >= 15 is 0 Å². The van der Waals surface area contributed by atoms with E-state index in [-0.39, 0.29) is 5.60 Å². The smallest absolute Gasteiger partial charge is 0.123 e. The first-order valence-corrected chi connectivity index (χ1v) is 8.55. The Bertz CT molecular complexity index is 504. The average molecular weight is 287 g/mol. The van der Waals surface area contributed by atoms with Crippen LogP contribution in [0, 0.1) is 11.8 Å². The van der Waals surface area contributed by atoms with Gasteiger partial charge in [0.15, 0.2) is 0 Å². The summed E-state index contributed by atoms with van der Waals surface area (Å²) in [6.07, 6.45) is 5.03. The second-order valence-electron chi connectivity index (χ2n) is 7.53. The minimum atomic E-state index is -0.0462. The van der Waals surface area contributed by atoms with Gasteiger partial charge in [-0.05, 0) is 68.7 Å². The van der Waals surface area contributed by atoms with E-state index in [2.05, 4.69) is 51.2 Å². The maximum absolute atomic E-state index is 6.01. The van der Waals surface area contributed by atoms with Gasteiger partial charge in [0.1, 0.15) is 11.4 Å². The Kier molecular flexibility index (Phi) is 4.00. The van der Waals surface area contributed by atoms with Crippen molar-refractivity contribution in [1.82, 2.24) is 5.32 Å². The molecule has 1 aliphatic carbocycles. The van der Waals surface area contributed by atoms with E-state index in [1.807, 2.05) is 0 Å². The van der Waals surface area contributed by atoms with Crippen molar-refractivity contribution in [2.75, 3.05) is 6.54 Å². The molecular formula is C19H29NO. The van der Waals surface area contributed by atoms with Gasteiger partial charge in [0.25, 0.3) is 0 Å². The first-order valence-electron chi connectivity index (χ1n) is 8.55. The topological polar surface area (TPSA) is 21.3 Å². The van der Waals surface area contributed by atoms with Crippen LogP contribution in [-0.2, 0) is 6.42 Å². The van der Waals surface area contributed by atoms with Gasteiger partial charge >= 0.3 is 0 Å². The summed E-state index contributed by atoms with van der Waals surface area (Å²) >= 11 is 0. The molecule has 2 heteroatoms. The van der Waals surface area contributed by atoms with Gasteiger partial charge in [-0.15, -0.1) is 0 Å². The Morgan fingerprint density at radius 2 is 2.10 bits per heavy atom. The molecule has 2 atom stereocenters. The molecule has 1 saturated carbocycles. The first kappa shape index (κ1) is 14.9. The number of hydrogen-bond acceptors (Lipinski definition) is 2. The van der Waals surface area contributed by atoms with Crippen LogP contribution in [0.25, 0.3) is 0 Å². The lowest BCUT2D eigenvalue weighted by atomic mass is 9.89. The van der Waals surface area contributed by atoms with Crippen LogP contribution in [0.15, 0.2) is 18.2 Å². The highest BCUT2D eigenvalue weighted by Crippen LogP contribution is 2.44. The summed E-state index contributed by atoms with van der Waals surface area (Å²) in [5.74, 6) is 2.72. The summed E-state index contributed by atoms with van der Waals surface area (Å²) in [7, 11) is 0. The second kappa shape index (κ2) is 5.64. The highest BCUT2D eigenvalue weighted by Gasteiger charge is 2.35. The zero-order valence-corrected chi connectivity index (χ0v) is 13.9. The van der Waals surface area contributed by atoms with E-state index in [9.17, 15) is 0 Å². The molecule has 21 heavy (non-hydrogen) atoms. The van der Waals surface area contributed by atoms with Crippen LogP contribution in [0.5, 0.6) is 5.75 Å². The van der Waals surface area contributed by atoms with Gasteiger partial charge in [0.2, 0.25) is 0 Å². The molecule has 1 aromatic rings. The predicted molar refractivity (Wildman–Crippen MR) is 87.8 cm³/mol. The molecule has 0 radical (unpaired) electrons. The summed E-state index contributed by atoms with van der Waals surface area (Å²) in [6, 6.07) is 7.33. The van der Waals surface area contributed by atoms with Crippen molar-refractivity contribution in [2.24, 2.45) is 11.8 Å². The van der Waals surface area contributed by atoms with Crippen LogP contribution in [0.1, 0.15) is 64.1 Å². The number of benzene rings is 1. The van der Waals surface area contributed by atoms with E-state index in [0.717, 1.165) is 30.6 Å². The second-order valence-corrected chi connectivity index (χ2v) is 7.53. The summed E-state index contributed by atoms with van der Waals surface area (Å²) in [5, 5.41) is 3.78. The van der Waals surface area contributed by atoms with Gasteiger partial charge in [-0.2, -0.15) is 0 Å². The molecule has 0 spiro atoms. The molecule has 0 saturated heterocycles. The molecule has 1 heterocycles. The van der Waals surface area contributed by atoms with Crippen LogP contribution in [0.4, 0.5) is 0 Å². The third-order valence-corrected chi connectivity index (χ3v) is 4.95. The molecule has 2 nitrogen and oxygen atoms in total. The van der Waals surface area contributed by atoms with Crippen LogP contribution < -0.4 is 10.1 Å². The number of ether oxygens (including phenoxy) is 1. The molecule has 0 bridgehead atoms. The Morgan fingerprint density at radius 1 is 1.33 bits per heavy atom. The van der Waals surface area contributed by atoms with Gasteiger partial charge in [-0.1, -0.05) is 26.0 Å². The van der Waals surface area contributed by atoms with Crippen LogP contribution in [0.2, 0.25) is 0 Å². The highest BCUT2D eigenvalue weighted by atomic mass is 16.5. The molecule has 2 unspecified atom stereocenters. The fourth-order valence-electron chi connectivity index (χ4n) is 3.62. The van der Waals surface area contributed by atoms with Gasteiger partial charge in [-0.25, -0.2) is 0 Å². The maximum Gasteiger partial charge on any atom is 0.123 e. The Morgan fingerprint density at radius 3 is 2.76 bits per heavy atom. The lowest BCUT2D eigenvalue weighted by Crippen LogP contribution is -2.28. The molecule has 1 aromatic carbocycles. The minimum Gasteiger partial charge on any atom is -0.487 e. The number of nitrogens with one attached hydrogen (secondary N) is 1. The largest absolute Gasteiger partial charge is 0.487 e. The highest BCUT2D eigenvalue weighted by molar-refractivity contribution is 5.43. The third-order valence-electron chi connectivity index (χ3n) is 4.95. The molecular weight excluding hydrogens is 258 g/mol. The van der Waals surface area contributed by atoms with Crippen LogP contribution in [-0.4, -0.2) is 12.1 Å². The molecule has 0 aromatic heterocycles. The van der Waals surface area contributed by atoms with Crippen molar-refractivity contribution in [1.29, 1.82) is 0 Å². The van der Waals surface area contributed by atoms with Crippen LogP contribution >= 0.6 is 0 Å².